The van der Waals surface area contributed by atoms with Crippen LogP contribution >= 0.6 is 11.6 Å². The summed E-state index contributed by atoms with van der Waals surface area (Å²) in [6.45, 7) is 6.68. The van der Waals surface area contributed by atoms with Crippen LogP contribution in [0.2, 0.25) is 5.02 Å². The number of nitriles is 1. The molecule has 2 saturated heterocycles. The molecule has 37 heavy (non-hydrogen) atoms. The molecule has 0 spiro atoms. The number of carbonyl (C=O) groups excluding carboxylic acids is 2. The maximum absolute atomic E-state index is 13.6. The van der Waals surface area contributed by atoms with Gasteiger partial charge in [0, 0.05) is 43.2 Å². The molecule has 7 heteroatoms. The van der Waals surface area contributed by atoms with E-state index in [0.717, 1.165) is 38.2 Å². The highest BCUT2D eigenvalue weighted by atomic mass is 35.5. The Morgan fingerprint density at radius 2 is 1.73 bits per heavy atom. The number of anilines is 1. The molecule has 2 aliphatic rings. The minimum Gasteiger partial charge on any atom is -0.343 e. The Bertz CT molecular complexity index is 1100. The lowest BCUT2D eigenvalue weighted by Gasteiger charge is -2.35. The first-order valence-electron chi connectivity index (χ1n) is 13.5. The van der Waals surface area contributed by atoms with Crippen molar-refractivity contribution in [3.8, 4) is 6.07 Å². The van der Waals surface area contributed by atoms with E-state index in [-0.39, 0.29) is 17.7 Å². The molecule has 0 bridgehead atoms. The van der Waals surface area contributed by atoms with E-state index in [9.17, 15) is 9.59 Å². The van der Waals surface area contributed by atoms with Crippen molar-refractivity contribution in [2.45, 2.75) is 45.4 Å². The van der Waals surface area contributed by atoms with Crippen molar-refractivity contribution in [3.05, 3.63) is 64.7 Å². The van der Waals surface area contributed by atoms with E-state index >= 15 is 0 Å². The molecule has 0 N–H and O–H groups in total. The van der Waals surface area contributed by atoms with Gasteiger partial charge in [-0.3, -0.25) is 9.59 Å². The summed E-state index contributed by atoms with van der Waals surface area (Å²) in [6, 6.07) is 17.7. The molecule has 2 heterocycles. The standard InChI is InChI=1S/C30H37ClN4O2/c1-23(36)34-18-12-27(13-19-34)30(37)35(29-5-2-4-28(31)21-29)15-3-14-33-16-10-25(11-17-33)20-24-6-8-26(22-32)9-7-24/h2,4-9,21,25,27H,3,10-20H2,1H3. The number of halogens is 1. The van der Waals surface area contributed by atoms with Gasteiger partial charge in [0.25, 0.3) is 0 Å². The topological polar surface area (TPSA) is 67.7 Å². The Hall–Kier alpha value is -2.88. The third kappa shape index (κ3) is 7.56. The maximum atomic E-state index is 13.6. The predicted molar refractivity (Wildman–Crippen MR) is 147 cm³/mol. The van der Waals surface area contributed by atoms with Crippen molar-refractivity contribution in [2.75, 3.05) is 44.2 Å². The van der Waals surface area contributed by atoms with Crippen LogP contribution in [-0.4, -0.2) is 60.9 Å². The van der Waals surface area contributed by atoms with Crippen LogP contribution < -0.4 is 4.90 Å². The molecular formula is C30H37ClN4O2. The number of piperidine rings is 2. The summed E-state index contributed by atoms with van der Waals surface area (Å²) in [4.78, 5) is 31.5. The lowest BCUT2D eigenvalue weighted by atomic mass is 9.90. The van der Waals surface area contributed by atoms with Gasteiger partial charge < -0.3 is 14.7 Å². The molecule has 196 valence electrons. The summed E-state index contributed by atoms with van der Waals surface area (Å²) >= 11 is 6.27. The molecule has 0 aromatic heterocycles. The lowest BCUT2D eigenvalue weighted by Crippen LogP contribution is -2.45. The number of likely N-dealkylation sites (tertiary alicyclic amines) is 2. The number of rotatable bonds is 8. The van der Waals surface area contributed by atoms with E-state index in [1.54, 1.807) is 6.92 Å². The van der Waals surface area contributed by atoms with Gasteiger partial charge in [0.05, 0.1) is 11.6 Å². The van der Waals surface area contributed by atoms with E-state index in [4.69, 9.17) is 16.9 Å². The summed E-state index contributed by atoms with van der Waals surface area (Å²) in [6.07, 6.45) is 5.74. The van der Waals surface area contributed by atoms with Gasteiger partial charge in [0.2, 0.25) is 11.8 Å². The van der Waals surface area contributed by atoms with Crippen molar-refractivity contribution >= 4 is 29.1 Å². The average molecular weight is 521 g/mol. The SMILES string of the molecule is CC(=O)N1CCC(C(=O)N(CCCN2CCC(Cc3ccc(C#N)cc3)CC2)c2cccc(Cl)c2)CC1. The highest BCUT2D eigenvalue weighted by molar-refractivity contribution is 6.30. The summed E-state index contributed by atoms with van der Waals surface area (Å²) in [7, 11) is 0. The fourth-order valence-electron chi connectivity index (χ4n) is 5.59. The predicted octanol–water partition coefficient (Wildman–Crippen LogP) is 5.15. The molecule has 2 amide bonds. The fourth-order valence-corrected chi connectivity index (χ4v) is 5.77. The third-order valence-electron chi connectivity index (χ3n) is 7.85. The van der Waals surface area contributed by atoms with Gasteiger partial charge in [-0.25, -0.2) is 0 Å². The van der Waals surface area contributed by atoms with Gasteiger partial charge in [-0.1, -0.05) is 29.8 Å². The van der Waals surface area contributed by atoms with E-state index in [2.05, 4.69) is 23.1 Å². The summed E-state index contributed by atoms with van der Waals surface area (Å²) in [5.41, 5.74) is 2.88. The largest absolute Gasteiger partial charge is 0.343 e. The minimum atomic E-state index is -0.0625. The fraction of sp³-hybridized carbons (Fsp3) is 0.500. The molecule has 4 rings (SSSR count). The van der Waals surface area contributed by atoms with Crippen LogP contribution in [0.3, 0.4) is 0 Å². The minimum absolute atomic E-state index is 0.0625. The summed E-state index contributed by atoms with van der Waals surface area (Å²) < 4.78 is 0. The Balaban J connectivity index is 1.28. The number of hydrogen-bond acceptors (Lipinski definition) is 4. The molecule has 2 aliphatic heterocycles. The molecule has 0 atom stereocenters. The number of hydrogen-bond donors (Lipinski definition) is 0. The third-order valence-corrected chi connectivity index (χ3v) is 8.08. The van der Waals surface area contributed by atoms with E-state index < -0.39 is 0 Å². The van der Waals surface area contributed by atoms with Gasteiger partial charge in [-0.05, 0) is 100.0 Å². The van der Waals surface area contributed by atoms with Crippen molar-refractivity contribution < 1.29 is 9.59 Å². The van der Waals surface area contributed by atoms with Gasteiger partial charge in [0.1, 0.15) is 0 Å². The molecule has 0 unspecified atom stereocenters. The maximum Gasteiger partial charge on any atom is 0.230 e. The lowest BCUT2D eigenvalue weighted by molar-refractivity contribution is -0.133. The number of nitrogens with zero attached hydrogens (tertiary/aromatic N) is 4. The Kier molecular flexibility index (Phi) is 9.60. The smallest absolute Gasteiger partial charge is 0.230 e. The molecule has 0 aliphatic carbocycles. The zero-order valence-electron chi connectivity index (χ0n) is 21.7. The first kappa shape index (κ1) is 27.2. The molecule has 2 fully saturated rings. The first-order chi connectivity index (χ1) is 17.9. The molecule has 0 saturated carbocycles. The van der Waals surface area contributed by atoms with Crippen molar-refractivity contribution in [1.82, 2.24) is 9.80 Å². The van der Waals surface area contributed by atoms with E-state index in [0.29, 0.717) is 49.0 Å². The zero-order valence-corrected chi connectivity index (χ0v) is 22.5. The number of benzene rings is 2. The monoisotopic (exact) mass is 520 g/mol. The summed E-state index contributed by atoms with van der Waals surface area (Å²) in [5.74, 6) is 0.840. The molecule has 6 nitrogen and oxygen atoms in total. The van der Waals surface area contributed by atoms with Crippen LogP contribution in [0.1, 0.15) is 50.2 Å². The second-order valence-corrected chi connectivity index (χ2v) is 10.8. The van der Waals surface area contributed by atoms with E-state index in [1.165, 1.54) is 18.4 Å². The number of amides is 2. The second-order valence-electron chi connectivity index (χ2n) is 10.4. The van der Waals surface area contributed by atoms with Crippen LogP contribution in [0.4, 0.5) is 5.69 Å². The quantitative estimate of drug-likeness (QED) is 0.483. The van der Waals surface area contributed by atoms with Gasteiger partial charge in [0.15, 0.2) is 0 Å². The van der Waals surface area contributed by atoms with Crippen molar-refractivity contribution in [2.24, 2.45) is 11.8 Å². The van der Waals surface area contributed by atoms with Crippen LogP contribution in [-0.2, 0) is 16.0 Å². The normalized spacial score (nSPS) is 17.4. The van der Waals surface area contributed by atoms with Crippen LogP contribution in [0, 0.1) is 23.2 Å². The van der Waals surface area contributed by atoms with Crippen LogP contribution in [0.15, 0.2) is 48.5 Å². The molecule has 0 radical (unpaired) electrons. The zero-order chi connectivity index (χ0) is 26.2. The van der Waals surface area contributed by atoms with Gasteiger partial charge >= 0.3 is 0 Å². The Labute approximate surface area is 225 Å². The van der Waals surface area contributed by atoms with Gasteiger partial charge in [-0.2, -0.15) is 5.26 Å². The van der Waals surface area contributed by atoms with Gasteiger partial charge in [-0.15, -0.1) is 0 Å². The van der Waals surface area contributed by atoms with Crippen molar-refractivity contribution in [3.63, 3.8) is 0 Å². The molecular weight excluding hydrogens is 484 g/mol. The summed E-state index contributed by atoms with van der Waals surface area (Å²) in [5, 5.41) is 9.62. The highest BCUT2D eigenvalue weighted by Gasteiger charge is 2.30. The Morgan fingerprint density at radius 1 is 1.03 bits per heavy atom. The van der Waals surface area contributed by atoms with Crippen LogP contribution in [0.5, 0.6) is 0 Å². The molecule has 2 aromatic rings. The van der Waals surface area contributed by atoms with Crippen LogP contribution in [0.25, 0.3) is 0 Å². The number of carbonyl (C=O) groups is 2. The highest BCUT2D eigenvalue weighted by Crippen LogP contribution is 2.27. The average Bonchev–Trinajstić information content (AvgIpc) is 2.92. The Morgan fingerprint density at radius 3 is 2.35 bits per heavy atom. The first-order valence-corrected chi connectivity index (χ1v) is 13.8. The molecule has 2 aromatic carbocycles. The second kappa shape index (κ2) is 13.1. The van der Waals surface area contributed by atoms with E-state index in [1.807, 2.05) is 46.2 Å². The van der Waals surface area contributed by atoms with Crippen molar-refractivity contribution in [1.29, 1.82) is 5.26 Å².